The van der Waals surface area contributed by atoms with Crippen LogP contribution in [-0.2, 0) is 35.0 Å². The van der Waals surface area contributed by atoms with Gasteiger partial charge in [0.1, 0.15) is 12.4 Å². The fraction of sp³-hybridized carbons (Fsp3) is 0.526. The smallest absolute Gasteiger partial charge is 0.346 e. The van der Waals surface area contributed by atoms with E-state index in [9.17, 15) is 18.0 Å². The summed E-state index contributed by atoms with van der Waals surface area (Å²) >= 11 is 0. The number of ether oxygens (including phenoxy) is 2. The van der Waals surface area contributed by atoms with Crippen LogP contribution in [0, 0.1) is 0 Å². The molecule has 1 amide bonds. The minimum Gasteiger partial charge on any atom is -0.454 e. The maximum atomic E-state index is 12.5. The van der Waals surface area contributed by atoms with Crippen LogP contribution in [0.4, 0.5) is 0 Å². The van der Waals surface area contributed by atoms with Crippen LogP contribution in [0.5, 0.6) is 11.5 Å². The summed E-state index contributed by atoms with van der Waals surface area (Å²) in [5.74, 6) is 1.51. The Kier molecular flexibility index (Phi) is 5.75. The van der Waals surface area contributed by atoms with Gasteiger partial charge >= 0.3 is 5.69 Å². The highest BCUT2D eigenvalue weighted by Crippen LogP contribution is 2.32. The van der Waals surface area contributed by atoms with Crippen molar-refractivity contribution in [1.82, 2.24) is 24.0 Å². The normalized spacial score (nSPS) is 17.1. The van der Waals surface area contributed by atoms with E-state index < -0.39 is 10.0 Å². The average molecular weight is 452 g/mol. The Morgan fingerprint density at radius 2 is 1.94 bits per heavy atom. The van der Waals surface area contributed by atoms with E-state index in [1.165, 1.54) is 15.1 Å². The summed E-state index contributed by atoms with van der Waals surface area (Å²) in [6.45, 7) is 1.05. The van der Waals surface area contributed by atoms with Gasteiger partial charge in [-0.05, 0) is 30.5 Å². The lowest BCUT2D eigenvalue weighted by Gasteiger charge is -2.29. The molecule has 31 heavy (non-hydrogen) atoms. The van der Waals surface area contributed by atoms with Crippen molar-refractivity contribution in [3.63, 3.8) is 0 Å². The van der Waals surface area contributed by atoms with Crippen LogP contribution >= 0.6 is 0 Å². The third kappa shape index (κ3) is 4.59. The quantitative estimate of drug-likeness (QED) is 0.643. The molecule has 0 radical (unpaired) electrons. The van der Waals surface area contributed by atoms with Crippen LogP contribution in [-0.4, -0.2) is 59.1 Å². The van der Waals surface area contributed by atoms with Gasteiger partial charge < -0.3 is 14.8 Å². The number of sulfonamides is 1. The molecule has 0 spiro atoms. The Hall–Kier alpha value is -2.86. The molecule has 2 aliphatic heterocycles. The Labute approximate surface area is 179 Å². The van der Waals surface area contributed by atoms with Crippen LogP contribution in [0.25, 0.3) is 0 Å². The number of amides is 1. The second kappa shape index (κ2) is 8.35. The molecule has 0 atom stereocenters. The number of fused-ring (bicyclic) bond motifs is 1. The summed E-state index contributed by atoms with van der Waals surface area (Å²) in [7, 11) is -1.60. The van der Waals surface area contributed by atoms with Crippen molar-refractivity contribution < 1.29 is 22.7 Å². The van der Waals surface area contributed by atoms with Crippen LogP contribution in [0.2, 0.25) is 0 Å². The van der Waals surface area contributed by atoms with Gasteiger partial charge in [-0.3, -0.25) is 9.36 Å². The summed E-state index contributed by atoms with van der Waals surface area (Å²) in [4.78, 5) is 24.9. The summed E-state index contributed by atoms with van der Waals surface area (Å²) in [6, 6.07) is 5.42. The van der Waals surface area contributed by atoms with Crippen molar-refractivity contribution in [3.05, 3.63) is 40.1 Å². The Morgan fingerprint density at radius 3 is 2.65 bits per heavy atom. The van der Waals surface area contributed by atoms with Gasteiger partial charge in [0.25, 0.3) is 0 Å². The number of carbonyl (C=O) groups excluding carboxylic acids is 1. The average Bonchev–Trinajstić information content (AvgIpc) is 3.31. The van der Waals surface area contributed by atoms with Gasteiger partial charge in [-0.25, -0.2) is 22.2 Å². The highest BCUT2D eigenvalue weighted by atomic mass is 32.2. The number of nitrogens with zero attached hydrogens (tertiary/aromatic N) is 4. The minimum atomic E-state index is -3.22. The lowest BCUT2D eigenvalue weighted by atomic mass is 9.97. The number of hydrogen-bond donors (Lipinski definition) is 1. The number of benzene rings is 1. The Bertz CT molecular complexity index is 1150. The number of carbonyl (C=O) groups is 1. The minimum absolute atomic E-state index is 0.0337. The first kappa shape index (κ1) is 21.4. The zero-order valence-corrected chi connectivity index (χ0v) is 18.2. The Balaban J connectivity index is 1.37. The van der Waals surface area contributed by atoms with Gasteiger partial charge in [0.05, 0.1) is 6.26 Å². The lowest BCUT2D eigenvalue weighted by Crippen LogP contribution is -2.37. The molecule has 4 rings (SSSR count). The number of rotatable bonds is 6. The molecule has 168 valence electrons. The SMILES string of the molecule is Cn1c(C2CCN(S(C)(=O)=O)CC2)nn(CC(=O)NCc2ccc3c(c2)OCO3)c1=O. The van der Waals surface area contributed by atoms with Gasteiger partial charge in [0.15, 0.2) is 11.5 Å². The molecule has 0 aliphatic carbocycles. The van der Waals surface area contributed by atoms with Gasteiger partial charge in [0.2, 0.25) is 22.7 Å². The largest absolute Gasteiger partial charge is 0.454 e. The van der Waals surface area contributed by atoms with Crippen molar-refractivity contribution in [2.24, 2.45) is 7.05 Å². The molecule has 11 nitrogen and oxygen atoms in total. The van der Waals surface area contributed by atoms with Crippen molar-refractivity contribution in [2.45, 2.75) is 31.8 Å². The summed E-state index contributed by atoms with van der Waals surface area (Å²) in [6.07, 6.45) is 2.35. The maximum absolute atomic E-state index is 12.5. The molecule has 0 unspecified atom stereocenters. The third-order valence-corrected chi connectivity index (χ3v) is 6.89. The first-order valence-corrected chi connectivity index (χ1v) is 11.8. The molecule has 12 heteroatoms. The molecule has 3 heterocycles. The number of aromatic nitrogens is 3. The van der Waals surface area contributed by atoms with E-state index in [0.29, 0.717) is 43.3 Å². The van der Waals surface area contributed by atoms with Gasteiger partial charge in [-0.15, -0.1) is 0 Å². The monoisotopic (exact) mass is 451 g/mol. The molecule has 1 aromatic heterocycles. The summed E-state index contributed by atoms with van der Waals surface area (Å²) in [5, 5.41) is 7.14. The van der Waals surface area contributed by atoms with Crippen LogP contribution in [0.1, 0.15) is 30.1 Å². The van der Waals surface area contributed by atoms with E-state index in [0.717, 1.165) is 10.2 Å². The second-order valence-electron chi connectivity index (χ2n) is 7.76. The molecule has 0 bridgehead atoms. The number of hydrogen-bond acceptors (Lipinski definition) is 7. The molecular formula is C19H25N5O6S. The molecule has 0 saturated carbocycles. The number of nitrogens with one attached hydrogen (secondary N) is 1. The first-order chi connectivity index (χ1) is 14.7. The van der Waals surface area contributed by atoms with Crippen LogP contribution in [0.3, 0.4) is 0 Å². The fourth-order valence-corrected chi connectivity index (χ4v) is 4.73. The molecular weight excluding hydrogens is 426 g/mol. The summed E-state index contributed by atoms with van der Waals surface area (Å²) < 4.78 is 38.0. The lowest BCUT2D eigenvalue weighted by molar-refractivity contribution is -0.122. The van der Waals surface area contributed by atoms with Crippen molar-refractivity contribution in [1.29, 1.82) is 0 Å². The first-order valence-electron chi connectivity index (χ1n) is 9.96. The van der Waals surface area contributed by atoms with E-state index in [4.69, 9.17) is 9.47 Å². The standard InChI is InChI=1S/C19H25N5O6S/c1-22-18(14-5-7-23(8-6-14)31(2,27)28)21-24(19(22)26)11-17(25)20-10-13-3-4-15-16(9-13)30-12-29-15/h3-4,9,14H,5-8,10-12H2,1-2H3,(H,20,25). The topological polar surface area (TPSA) is 125 Å². The molecule has 2 aromatic rings. The predicted octanol–water partition coefficient (Wildman–Crippen LogP) is -0.234. The number of piperidine rings is 1. The predicted molar refractivity (Wildman–Crippen MR) is 110 cm³/mol. The van der Waals surface area contributed by atoms with Gasteiger partial charge in [-0.2, -0.15) is 5.10 Å². The summed E-state index contributed by atoms with van der Waals surface area (Å²) in [5.41, 5.74) is 0.475. The third-order valence-electron chi connectivity index (χ3n) is 5.58. The van der Waals surface area contributed by atoms with Crippen molar-refractivity contribution in [2.75, 3.05) is 26.1 Å². The van der Waals surface area contributed by atoms with Gasteiger partial charge in [0, 0.05) is 32.6 Å². The maximum Gasteiger partial charge on any atom is 0.346 e. The van der Waals surface area contributed by atoms with Gasteiger partial charge in [-0.1, -0.05) is 6.07 Å². The Morgan fingerprint density at radius 1 is 1.23 bits per heavy atom. The van der Waals surface area contributed by atoms with Crippen molar-refractivity contribution in [3.8, 4) is 11.5 Å². The van der Waals surface area contributed by atoms with E-state index in [1.54, 1.807) is 19.2 Å². The van der Waals surface area contributed by atoms with Crippen LogP contribution in [0.15, 0.2) is 23.0 Å². The van der Waals surface area contributed by atoms with E-state index in [-0.39, 0.29) is 37.4 Å². The van der Waals surface area contributed by atoms with Crippen molar-refractivity contribution >= 4 is 15.9 Å². The highest BCUT2D eigenvalue weighted by Gasteiger charge is 2.29. The molecule has 2 aliphatic rings. The van der Waals surface area contributed by atoms with E-state index >= 15 is 0 Å². The highest BCUT2D eigenvalue weighted by molar-refractivity contribution is 7.88. The van der Waals surface area contributed by atoms with E-state index in [1.807, 2.05) is 6.07 Å². The molecule has 1 fully saturated rings. The zero-order valence-electron chi connectivity index (χ0n) is 17.4. The molecule has 1 N–H and O–H groups in total. The van der Waals surface area contributed by atoms with Crippen LogP contribution < -0.4 is 20.5 Å². The molecule has 1 saturated heterocycles. The van der Waals surface area contributed by atoms with E-state index in [2.05, 4.69) is 10.4 Å². The fourth-order valence-electron chi connectivity index (χ4n) is 3.85. The second-order valence-corrected chi connectivity index (χ2v) is 9.74. The zero-order chi connectivity index (χ0) is 22.2. The molecule has 1 aromatic carbocycles.